The van der Waals surface area contributed by atoms with E-state index >= 15 is 0 Å². The molecule has 0 aliphatic carbocycles. The quantitative estimate of drug-likeness (QED) is 0.643. The standard InChI is InChI=1S/C16H15F3N6O.2H2/c1-9(15(26)23-8-16(17,18)19)24-12-4-6-21-14(25-12)11-7-22-13-10(11)3-2-5-20-13;;/h2-7,9H,8H2,1H3,(H,20,22)(H,23,26)(H,21,24,25);2*1H/t9-;;/m1../s1. The molecule has 0 aromatic carbocycles. The van der Waals surface area contributed by atoms with Gasteiger partial charge in [0.2, 0.25) is 5.91 Å². The van der Waals surface area contributed by atoms with Gasteiger partial charge in [-0.25, -0.2) is 15.0 Å². The summed E-state index contributed by atoms with van der Waals surface area (Å²) >= 11 is 0. The number of H-pyrrole nitrogens is 1. The summed E-state index contributed by atoms with van der Waals surface area (Å²) in [4.78, 5) is 27.5. The lowest BCUT2D eigenvalue weighted by molar-refractivity contribution is -0.138. The van der Waals surface area contributed by atoms with Crippen molar-refractivity contribution in [1.82, 2.24) is 25.3 Å². The Bertz CT molecular complexity index is 934. The van der Waals surface area contributed by atoms with E-state index in [0.29, 0.717) is 17.3 Å². The normalized spacial score (nSPS) is 12.8. The summed E-state index contributed by atoms with van der Waals surface area (Å²) < 4.78 is 36.5. The second-order valence-electron chi connectivity index (χ2n) is 5.57. The molecule has 0 aliphatic rings. The first kappa shape index (κ1) is 17.6. The number of halogens is 3. The second-order valence-corrected chi connectivity index (χ2v) is 5.57. The molecule has 0 saturated heterocycles. The highest BCUT2D eigenvalue weighted by molar-refractivity contribution is 5.91. The van der Waals surface area contributed by atoms with E-state index in [4.69, 9.17) is 0 Å². The van der Waals surface area contributed by atoms with Crippen LogP contribution in [0.2, 0.25) is 0 Å². The van der Waals surface area contributed by atoms with Crippen molar-refractivity contribution in [3.63, 3.8) is 0 Å². The SMILES string of the molecule is C[C@@H](Nc1ccnc(-c2c[nH]c3ncccc23)n1)C(=O)NCC(F)(F)F.[HH].[HH]. The Balaban J connectivity index is 0.00000196. The summed E-state index contributed by atoms with van der Waals surface area (Å²) in [5, 5.41) is 5.43. The van der Waals surface area contributed by atoms with Crippen LogP contribution in [0.5, 0.6) is 0 Å². The molecule has 0 spiro atoms. The summed E-state index contributed by atoms with van der Waals surface area (Å²) in [7, 11) is 0. The number of amides is 1. The fourth-order valence-corrected chi connectivity index (χ4v) is 2.34. The van der Waals surface area contributed by atoms with Gasteiger partial charge < -0.3 is 15.6 Å². The topological polar surface area (TPSA) is 95.6 Å². The zero-order valence-corrected chi connectivity index (χ0v) is 13.6. The Morgan fingerprint density at radius 3 is 2.88 bits per heavy atom. The summed E-state index contributed by atoms with van der Waals surface area (Å²) in [5.41, 5.74) is 1.41. The predicted molar refractivity (Wildman–Crippen MR) is 93.5 cm³/mol. The van der Waals surface area contributed by atoms with Crippen LogP contribution in [0.4, 0.5) is 19.0 Å². The number of hydrogen-bond acceptors (Lipinski definition) is 5. The van der Waals surface area contributed by atoms with Gasteiger partial charge in [-0.15, -0.1) is 0 Å². The van der Waals surface area contributed by atoms with E-state index in [1.807, 2.05) is 11.4 Å². The first-order chi connectivity index (χ1) is 12.3. The molecular formula is C16H19F3N6O. The number of nitrogens with one attached hydrogen (secondary N) is 3. The molecule has 7 nitrogen and oxygen atoms in total. The van der Waals surface area contributed by atoms with Crippen LogP contribution in [0.1, 0.15) is 9.78 Å². The third-order valence-electron chi connectivity index (χ3n) is 3.57. The van der Waals surface area contributed by atoms with E-state index in [1.54, 1.807) is 18.5 Å². The Morgan fingerprint density at radius 1 is 1.31 bits per heavy atom. The van der Waals surface area contributed by atoms with Crippen molar-refractivity contribution < 1.29 is 20.8 Å². The van der Waals surface area contributed by atoms with Crippen molar-refractivity contribution in [1.29, 1.82) is 0 Å². The molecule has 1 atom stereocenters. The highest BCUT2D eigenvalue weighted by Crippen LogP contribution is 2.25. The maximum atomic E-state index is 12.2. The minimum absolute atomic E-state index is 0. The molecule has 10 heteroatoms. The number of hydrogen-bond donors (Lipinski definition) is 3. The van der Waals surface area contributed by atoms with Crippen molar-refractivity contribution in [2.24, 2.45) is 0 Å². The van der Waals surface area contributed by atoms with Gasteiger partial charge in [0.25, 0.3) is 0 Å². The zero-order valence-electron chi connectivity index (χ0n) is 13.6. The molecule has 0 fully saturated rings. The number of pyridine rings is 1. The molecule has 0 unspecified atom stereocenters. The molecule has 1 amide bonds. The Morgan fingerprint density at radius 2 is 2.12 bits per heavy atom. The lowest BCUT2D eigenvalue weighted by atomic mass is 10.2. The van der Waals surface area contributed by atoms with Gasteiger partial charge in [0.1, 0.15) is 24.1 Å². The minimum Gasteiger partial charge on any atom is -0.359 e. The maximum absolute atomic E-state index is 12.2. The lowest BCUT2D eigenvalue weighted by Gasteiger charge is -2.15. The van der Waals surface area contributed by atoms with Gasteiger partial charge in [0.05, 0.1) is 0 Å². The number of carbonyl (C=O) groups excluding carboxylic acids is 1. The van der Waals surface area contributed by atoms with E-state index in [9.17, 15) is 18.0 Å². The first-order valence-corrected chi connectivity index (χ1v) is 7.70. The van der Waals surface area contributed by atoms with Gasteiger partial charge in [-0.05, 0) is 25.1 Å². The number of alkyl halides is 3. The van der Waals surface area contributed by atoms with Crippen LogP contribution in [0.15, 0.2) is 36.8 Å². The maximum Gasteiger partial charge on any atom is 0.405 e. The predicted octanol–water partition coefficient (Wildman–Crippen LogP) is 2.99. The Labute approximate surface area is 149 Å². The van der Waals surface area contributed by atoms with Gasteiger partial charge >= 0.3 is 6.18 Å². The van der Waals surface area contributed by atoms with Crippen LogP contribution in [0.25, 0.3) is 22.4 Å². The molecule has 3 aromatic heterocycles. The summed E-state index contributed by atoms with van der Waals surface area (Å²) in [6.45, 7) is 0.0678. The van der Waals surface area contributed by atoms with Crippen LogP contribution in [-0.2, 0) is 4.79 Å². The third-order valence-corrected chi connectivity index (χ3v) is 3.57. The van der Waals surface area contributed by atoms with Gasteiger partial charge in [0, 0.05) is 32.4 Å². The molecular weight excluding hydrogens is 349 g/mol. The van der Waals surface area contributed by atoms with Crippen molar-refractivity contribution in [3.05, 3.63) is 36.8 Å². The number of carbonyl (C=O) groups is 1. The third kappa shape index (κ3) is 4.08. The molecule has 3 heterocycles. The first-order valence-electron chi connectivity index (χ1n) is 7.70. The number of nitrogens with zero attached hydrogens (tertiary/aromatic N) is 3. The zero-order chi connectivity index (χ0) is 18.7. The molecule has 3 N–H and O–H groups in total. The van der Waals surface area contributed by atoms with Crippen molar-refractivity contribution >= 4 is 22.8 Å². The lowest BCUT2D eigenvalue weighted by Crippen LogP contribution is -2.42. The molecule has 0 saturated carbocycles. The molecule has 3 aromatic rings. The van der Waals surface area contributed by atoms with Crippen LogP contribution in [0, 0.1) is 0 Å². The molecule has 0 radical (unpaired) electrons. The van der Waals surface area contributed by atoms with E-state index in [0.717, 1.165) is 10.9 Å². The summed E-state index contributed by atoms with van der Waals surface area (Å²) in [5.74, 6) is -0.0566. The largest absolute Gasteiger partial charge is 0.405 e. The van der Waals surface area contributed by atoms with Crippen LogP contribution in [0.3, 0.4) is 0 Å². The molecule has 0 bridgehead atoms. The van der Waals surface area contributed by atoms with Gasteiger partial charge in [-0.3, -0.25) is 4.79 Å². The summed E-state index contributed by atoms with van der Waals surface area (Å²) in [6.07, 6.45) is 0.417. The van der Waals surface area contributed by atoms with Crippen molar-refractivity contribution in [3.8, 4) is 11.4 Å². The average molecular weight is 368 g/mol. The van der Waals surface area contributed by atoms with Crippen LogP contribution < -0.4 is 10.6 Å². The highest BCUT2D eigenvalue weighted by atomic mass is 19.4. The molecule has 0 aliphatic heterocycles. The molecule has 3 rings (SSSR count). The Kier molecular flexibility index (Phi) is 4.74. The van der Waals surface area contributed by atoms with E-state index in [2.05, 4.69) is 25.3 Å². The number of anilines is 1. The highest BCUT2D eigenvalue weighted by Gasteiger charge is 2.28. The Hall–Kier alpha value is -3.17. The van der Waals surface area contributed by atoms with Crippen molar-refractivity contribution in [2.45, 2.75) is 19.1 Å². The minimum atomic E-state index is -4.46. The fraction of sp³-hybridized carbons (Fsp3) is 0.250. The van der Waals surface area contributed by atoms with Crippen molar-refractivity contribution in [2.75, 3.05) is 11.9 Å². The van der Waals surface area contributed by atoms with Gasteiger partial charge in [-0.1, -0.05) is 0 Å². The second kappa shape index (κ2) is 6.98. The number of aromatic nitrogens is 4. The molecule has 140 valence electrons. The smallest absolute Gasteiger partial charge is 0.359 e. The van der Waals surface area contributed by atoms with Gasteiger partial charge in [0.15, 0.2) is 5.82 Å². The average Bonchev–Trinajstić information content (AvgIpc) is 3.03. The monoisotopic (exact) mass is 368 g/mol. The van der Waals surface area contributed by atoms with E-state index in [1.165, 1.54) is 19.2 Å². The number of rotatable bonds is 5. The number of aromatic amines is 1. The van der Waals surface area contributed by atoms with E-state index < -0.39 is 24.7 Å². The number of fused-ring (bicyclic) bond motifs is 1. The van der Waals surface area contributed by atoms with Gasteiger partial charge in [-0.2, -0.15) is 13.2 Å². The molecule has 26 heavy (non-hydrogen) atoms. The summed E-state index contributed by atoms with van der Waals surface area (Å²) in [6, 6.07) is 4.29. The van der Waals surface area contributed by atoms with E-state index in [-0.39, 0.29) is 2.85 Å². The van der Waals surface area contributed by atoms with Crippen LogP contribution in [-0.4, -0.2) is 44.6 Å². The fourth-order valence-electron chi connectivity index (χ4n) is 2.34. The van der Waals surface area contributed by atoms with Crippen LogP contribution >= 0.6 is 0 Å².